The number of halogens is 5. The standard InChI is InChI=1S/C42H42Cl2F3N5O3Si/c1-26-20-36-33(24-50(26)39(53)28-16-18-34(43)35(44)21-28)38-40(54)51(27(2)29-17-19-37(48-22-29)42(45,46)47)23-30(52(38)49-36)25-55-56(41(3,4)5,31-12-8-6-9-13-31)32-14-10-7-11-15-32/h6-19,21-22,26-27,30H,20,23-25H2,1-5H3/t26-,27+,30+/m1/s1. The number of carbonyl (C=O) groups is 2. The molecule has 2 aliphatic heterocycles. The first kappa shape index (κ1) is 39.7. The zero-order chi connectivity index (χ0) is 40.2. The SMILES string of the molecule is C[C@@H]1Cc2nn3c(c2CN1C(=O)c1ccc(Cl)c(Cl)c1)C(=O)N([C@@H](C)c1ccc(C(F)(F)F)nc1)C[C@H]3CO[Si](c1ccccc1)(c1ccccc1)C(C)(C)C. The van der Waals surface area contributed by atoms with Crippen LogP contribution in [0, 0.1) is 0 Å². The average Bonchev–Trinajstić information content (AvgIpc) is 3.55. The summed E-state index contributed by atoms with van der Waals surface area (Å²) in [4.78, 5) is 35.8. The van der Waals surface area contributed by atoms with E-state index < -0.39 is 32.3 Å². The van der Waals surface area contributed by atoms with Gasteiger partial charge in [0.05, 0.1) is 41.0 Å². The van der Waals surface area contributed by atoms with E-state index in [4.69, 9.17) is 32.7 Å². The molecular formula is C42H42Cl2F3N5O3Si. The molecule has 0 bridgehead atoms. The lowest BCUT2D eigenvalue weighted by molar-refractivity contribution is -0.141. The van der Waals surface area contributed by atoms with Gasteiger partial charge in [-0.1, -0.05) is 111 Å². The highest BCUT2D eigenvalue weighted by molar-refractivity contribution is 6.99. The van der Waals surface area contributed by atoms with E-state index in [9.17, 15) is 22.8 Å². The zero-order valence-corrected chi connectivity index (χ0v) is 34.2. The van der Waals surface area contributed by atoms with Crippen LogP contribution in [0.3, 0.4) is 0 Å². The lowest BCUT2D eigenvalue weighted by Crippen LogP contribution is -2.67. The van der Waals surface area contributed by atoms with Crippen molar-refractivity contribution in [2.75, 3.05) is 13.2 Å². The van der Waals surface area contributed by atoms with Crippen LogP contribution in [-0.4, -0.2) is 63.9 Å². The van der Waals surface area contributed by atoms with Gasteiger partial charge in [-0.2, -0.15) is 18.3 Å². The predicted octanol–water partition coefficient (Wildman–Crippen LogP) is 8.53. The van der Waals surface area contributed by atoms with Crippen LogP contribution in [-0.2, 0) is 23.6 Å². The second kappa shape index (κ2) is 15.1. The molecule has 0 fully saturated rings. The maximum atomic E-state index is 14.7. The van der Waals surface area contributed by atoms with Crippen molar-refractivity contribution in [3.05, 3.63) is 141 Å². The van der Waals surface area contributed by atoms with Crippen LogP contribution in [0.25, 0.3) is 0 Å². The minimum absolute atomic E-state index is 0.114. The van der Waals surface area contributed by atoms with Gasteiger partial charge < -0.3 is 14.2 Å². The summed E-state index contributed by atoms with van der Waals surface area (Å²) >= 11 is 12.4. The summed E-state index contributed by atoms with van der Waals surface area (Å²) in [7, 11) is -3.04. The number of rotatable bonds is 8. The minimum atomic E-state index is -4.60. The summed E-state index contributed by atoms with van der Waals surface area (Å²) in [5.41, 5.74) is 1.46. The molecule has 2 aliphatic rings. The van der Waals surface area contributed by atoms with Crippen molar-refractivity contribution in [3.63, 3.8) is 0 Å². The van der Waals surface area contributed by atoms with Crippen LogP contribution in [0.4, 0.5) is 13.2 Å². The molecule has 14 heteroatoms. The highest BCUT2D eigenvalue weighted by Gasteiger charge is 2.51. The molecule has 7 rings (SSSR count). The minimum Gasteiger partial charge on any atom is -0.405 e. The van der Waals surface area contributed by atoms with Gasteiger partial charge in [0.25, 0.3) is 20.1 Å². The van der Waals surface area contributed by atoms with E-state index in [2.05, 4.69) is 50.0 Å². The topological polar surface area (TPSA) is 80.6 Å². The number of benzene rings is 3. The third-order valence-electron chi connectivity index (χ3n) is 11.0. The van der Waals surface area contributed by atoms with Crippen LogP contribution in [0.15, 0.2) is 97.2 Å². The Bertz CT molecular complexity index is 2210. The monoisotopic (exact) mass is 819 g/mol. The number of fused-ring (bicyclic) bond motifs is 3. The Morgan fingerprint density at radius 2 is 1.59 bits per heavy atom. The van der Waals surface area contributed by atoms with Gasteiger partial charge >= 0.3 is 6.18 Å². The number of nitrogens with zero attached hydrogens (tertiary/aromatic N) is 5. The first-order chi connectivity index (χ1) is 26.5. The van der Waals surface area contributed by atoms with Crippen molar-refractivity contribution >= 4 is 53.7 Å². The molecule has 0 saturated heterocycles. The Morgan fingerprint density at radius 3 is 2.14 bits per heavy atom. The molecule has 3 aromatic carbocycles. The molecular weight excluding hydrogens is 778 g/mol. The molecule has 0 unspecified atom stereocenters. The highest BCUT2D eigenvalue weighted by Crippen LogP contribution is 2.40. The summed E-state index contributed by atoms with van der Waals surface area (Å²) in [6.45, 7) is 10.8. The van der Waals surface area contributed by atoms with Gasteiger partial charge in [0.15, 0.2) is 0 Å². The Hall–Kier alpha value is -4.49. The first-order valence-electron chi connectivity index (χ1n) is 18.5. The van der Waals surface area contributed by atoms with Gasteiger partial charge in [-0.15, -0.1) is 0 Å². The van der Waals surface area contributed by atoms with E-state index in [1.54, 1.807) is 33.5 Å². The van der Waals surface area contributed by atoms with Gasteiger partial charge in [-0.05, 0) is 59.1 Å². The highest BCUT2D eigenvalue weighted by atomic mass is 35.5. The number of aromatic nitrogens is 3. The van der Waals surface area contributed by atoms with Crippen LogP contribution in [0.5, 0.6) is 0 Å². The second-order valence-corrected chi connectivity index (χ2v) is 20.7. The van der Waals surface area contributed by atoms with E-state index in [0.717, 1.165) is 16.4 Å². The lowest BCUT2D eigenvalue weighted by Gasteiger charge is -2.45. The van der Waals surface area contributed by atoms with Crippen molar-refractivity contribution in [3.8, 4) is 0 Å². The molecule has 2 aromatic heterocycles. The summed E-state index contributed by atoms with van der Waals surface area (Å²) < 4.78 is 49.5. The van der Waals surface area contributed by atoms with Gasteiger partial charge in [0, 0.05) is 36.3 Å². The van der Waals surface area contributed by atoms with Gasteiger partial charge in [-0.3, -0.25) is 19.3 Å². The summed E-state index contributed by atoms with van der Waals surface area (Å²) in [6, 6.07) is 26.1. The molecule has 8 nitrogen and oxygen atoms in total. The fourth-order valence-corrected chi connectivity index (χ4v) is 13.0. The van der Waals surface area contributed by atoms with Crippen LogP contribution in [0.1, 0.15) is 90.1 Å². The second-order valence-electron chi connectivity index (χ2n) is 15.6. The predicted molar refractivity (Wildman–Crippen MR) is 213 cm³/mol. The van der Waals surface area contributed by atoms with Crippen molar-refractivity contribution < 1.29 is 27.2 Å². The molecule has 4 heterocycles. The Balaban J connectivity index is 1.31. The summed E-state index contributed by atoms with van der Waals surface area (Å²) in [5.74, 6) is -0.609. The zero-order valence-electron chi connectivity index (χ0n) is 31.6. The first-order valence-corrected chi connectivity index (χ1v) is 21.1. The largest absolute Gasteiger partial charge is 0.433 e. The molecule has 56 heavy (non-hydrogen) atoms. The van der Waals surface area contributed by atoms with Crippen molar-refractivity contribution in [2.45, 2.75) is 76.9 Å². The van der Waals surface area contributed by atoms with Crippen molar-refractivity contribution in [2.24, 2.45) is 0 Å². The molecule has 0 radical (unpaired) electrons. The molecule has 0 spiro atoms. The van der Waals surface area contributed by atoms with Crippen molar-refractivity contribution in [1.82, 2.24) is 24.6 Å². The van der Waals surface area contributed by atoms with E-state index >= 15 is 0 Å². The molecule has 292 valence electrons. The maximum Gasteiger partial charge on any atom is 0.433 e. The third-order valence-corrected chi connectivity index (χ3v) is 16.8. The smallest absolute Gasteiger partial charge is 0.405 e. The van der Waals surface area contributed by atoms with E-state index in [-0.39, 0.29) is 47.6 Å². The fourth-order valence-electron chi connectivity index (χ4n) is 8.08. The van der Waals surface area contributed by atoms with Crippen LogP contribution in [0.2, 0.25) is 15.1 Å². The molecule has 0 saturated carbocycles. The Kier molecular flexibility index (Phi) is 10.7. The Morgan fingerprint density at radius 1 is 0.946 bits per heavy atom. The van der Waals surface area contributed by atoms with E-state index in [0.29, 0.717) is 39.5 Å². The summed E-state index contributed by atoms with van der Waals surface area (Å²) in [5, 5.41) is 7.52. The molecule has 0 N–H and O–H groups in total. The average molecular weight is 821 g/mol. The third kappa shape index (κ3) is 7.16. The quantitative estimate of drug-likeness (QED) is 0.147. The molecule has 0 aliphatic carbocycles. The van der Waals surface area contributed by atoms with Gasteiger partial charge in [0.2, 0.25) is 0 Å². The van der Waals surface area contributed by atoms with Gasteiger partial charge in [-0.25, -0.2) is 0 Å². The van der Waals surface area contributed by atoms with Crippen molar-refractivity contribution in [1.29, 1.82) is 0 Å². The molecule has 3 atom stereocenters. The van der Waals surface area contributed by atoms with Crippen LogP contribution >= 0.6 is 23.2 Å². The van der Waals surface area contributed by atoms with Gasteiger partial charge in [0.1, 0.15) is 11.4 Å². The number of alkyl halides is 3. The Labute approximate surface area is 335 Å². The fraction of sp³-hybridized carbons (Fsp3) is 0.333. The number of carbonyl (C=O) groups excluding carboxylic acids is 2. The number of hydrogen-bond donors (Lipinski definition) is 0. The maximum absolute atomic E-state index is 14.7. The molecule has 2 amide bonds. The lowest BCUT2D eigenvalue weighted by atomic mass is 9.96. The normalized spacial score (nSPS) is 18.1. The van der Waals surface area contributed by atoms with E-state index in [1.165, 1.54) is 18.3 Å². The summed E-state index contributed by atoms with van der Waals surface area (Å²) in [6.07, 6.45) is -3.03. The van der Waals surface area contributed by atoms with Crippen LogP contribution < -0.4 is 10.4 Å². The molecule has 5 aromatic rings. The number of pyridine rings is 1. The number of amides is 2. The number of hydrogen-bond acceptors (Lipinski definition) is 5. The van der Waals surface area contributed by atoms with E-state index in [1.807, 2.05) is 43.3 Å².